The minimum atomic E-state index is -4.42. The summed E-state index contributed by atoms with van der Waals surface area (Å²) in [6.07, 6.45) is 1.32. The largest absolute Gasteiger partial charge is 0.464 e. The SMILES string of the molecule is CC(=O)OCCn1cc(Cc2ncc(-c3ccc(CC(=O)Nc4cc(C5(C(F)(F)F)CC5)on4)cc3)cn2)c(C)n1. The van der Waals surface area contributed by atoms with Gasteiger partial charge in [-0.2, -0.15) is 18.3 Å². The van der Waals surface area contributed by atoms with Crippen molar-refractivity contribution in [3.05, 3.63) is 77.3 Å². The van der Waals surface area contributed by atoms with E-state index in [-0.39, 0.29) is 43.4 Å². The topological polar surface area (TPSA) is 125 Å². The van der Waals surface area contributed by atoms with Gasteiger partial charge in [0, 0.05) is 49.1 Å². The Hall–Kier alpha value is -4.55. The fourth-order valence-corrected chi connectivity index (χ4v) is 4.44. The molecule has 214 valence electrons. The predicted molar refractivity (Wildman–Crippen MR) is 140 cm³/mol. The van der Waals surface area contributed by atoms with Gasteiger partial charge < -0.3 is 14.6 Å². The number of amides is 1. The maximum atomic E-state index is 13.3. The summed E-state index contributed by atoms with van der Waals surface area (Å²) < 4.78 is 51.4. The molecule has 4 aromatic rings. The molecule has 0 saturated heterocycles. The van der Waals surface area contributed by atoms with E-state index in [1.807, 2.05) is 25.3 Å². The highest BCUT2D eigenvalue weighted by molar-refractivity contribution is 5.91. The molecule has 0 radical (unpaired) electrons. The van der Waals surface area contributed by atoms with Gasteiger partial charge in [-0.05, 0) is 30.9 Å². The van der Waals surface area contributed by atoms with Crippen LogP contribution in [-0.2, 0) is 39.1 Å². The number of carbonyl (C=O) groups excluding carboxylic acids is 2. The molecule has 10 nitrogen and oxygen atoms in total. The molecular weight excluding hydrogens is 541 g/mol. The first-order chi connectivity index (χ1) is 19.5. The maximum Gasteiger partial charge on any atom is 0.401 e. The molecule has 1 aromatic carbocycles. The molecule has 1 saturated carbocycles. The van der Waals surface area contributed by atoms with Crippen molar-refractivity contribution in [2.75, 3.05) is 11.9 Å². The summed E-state index contributed by atoms with van der Waals surface area (Å²) in [6.45, 7) is 3.97. The Morgan fingerprint density at radius 1 is 1.12 bits per heavy atom. The monoisotopic (exact) mass is 568 g/mol. The highest BCUT2D eigenvalue weighted by Gasteiger charge is 2.66. The van der Waals surface area contributed by atoms with Gasteiger partial charge in [-0.15, -0.1) is 0 Å². The minimum absolute atomic E-state index is 0.0102. The number of carbonyl (C=O) groups is 2. The van der Waals surface area contributed by atoms with E-state index in [1.165, 1.54) is 6.92 Å². The normalized spacial score (nSPS) is 14.1. The Morgan fingerprint density at radius 2 is 1.83 bits per heavy atom. The van der Waals surface area contributed by atoms with Crippen LogP contribution in [0.25, 0.3) is 11.1 Å². The second kappa shape index (κ2) is 11.1. The molecule has 0 atom stereocenters. The van der Waals surface area contributed by atoms with Crippen LogP contribution in [0, 0.1) is 6.92 Å². The maximum absolute atomic E-state index is 13.3. The number of benzene rings is 1. The third-order valence-electron chi connectivity index (χ3n) is 6.92. The third-order valence-corrected chi connectivity index (χ3v) is 6.92. The first kappa shape index (κ1) is 28.0. The first-order valence-electron chi connectivity index (χ1n) is 12.9. The molecule has 0 bridgehead atoms. The van der Waals surface area contributed by atoms with Crippen molar-refractivity contribution < 1.29 is 32.0 Å². The number of nitrogens with one attached hydrogen (secondary N) is 1. The van der Waals surface area contributed by atoms with Gasteiger partial charge in [-0.1, -0.05) is 29.4 Å². The fraction of sp³-hybridized carbons (Fsp3) is 0.357. The average molecular weight is 569 g/mol. The van der Waals surface area contributed by atoms with E-state index in [0.29, 0.717) is 24.4 Å². The Kier molecular flexibility index (Phi) is 7.61. The molecule has 0 aliphatic heterocycles. The van der Waals surface area contributed by atoms with E-state index in [9.17, 15) is 22.8 Å². The number of aryl methyl sites for hydroxylation is 1. The van der Waals surface area contributed by atoms with Crippen molar-refractivity contribution in [2.45, 2.75) is 57.7 Å². The number of anilines is 1. The number of nitrogens with zero attached hydrogens (tertiary/aromatic N) is 5. The molecule has 0 spiro atoms. The second-order valence-electron chi connectivity index (χ2n) is 9.99. The van der Waals surface area contributed by atoms with Crippen LogP contribution in [0.3, 0.4) is 0 Å². The van der Waals surface area contributed by atoms with E-state index in [2.05, 4.69) is 25.5 Å². The second-order valence-corrected chi connectivity index (χ2v) is 9.99. The van der Waals surface area contributed by atoms with Gasteiger partial charge in [0.1, 0.15) is 17.8 Å². The van der Waals surface area contributed by atoms with Crippen molar-refractivity contribution in [3.63, 3.8) is 0 Å². The van der Waals surface area contributed by atoms with E-state index >= 15 is 0 Å². The summed E-state index contributed by atoms with van der Waals surface area (Å²) in [5, 5.41) is 10.5. The predicted octanol–water partition coefficient (Wildman–Crippen LogP) is 4.57. The molecule has 1 N–H and O–H groups in total. The molecule has 1 fully saturated rings. The van der Waals surface area contributed by atoms with Crippen LogP contribution in [-0.4, -0.2) is 49.6 Å². The summed E-state index contributed by atoms with van der Waals surface area (Å²) in [4.78, 5) is 32.3. The van der Waals surface area contributed by atoms with Crippen LogP contribution in [0.4, 0.5) is 19.0 Å². The quantitative estimate of drug-likeness (QED) is 0.276. The number of hydrogen-bond acceptors (Lipinski definition) is 8. The summed E-state index contributed by atoms with van der Waals surface area (Å²) >= 11 is 0. The molecule has 13 heteroatoms. The Balaban J connectivity index is 1.14. The lowest BCUT2D eigenvalue weighted by molar-refractivity contribution is -0.165. The molecule has 3 heterocycles. The summed E-state index contributed by atoms with van der Waals surface area (Å²) in [7, 11) is 0. The zero-order valence-electron chi connectivity index (χ0n) is 22.4. The number of aromatic nitrogens is 5. The molecular formula is C28H27F3N6O4. The van der Waals surface area contributed by atoms with Crippen molar-refractivity contribution in [1.82, 2.24) is 24.9 Å². The molecule has 41 heavy (non-hydrogen) atoms. The van der Waals surface area contributed by atoms with Crippen LogP contribution in [0.5, 0.6) is 0 Å². The highest BCUT2D eigenvalue weighted by Crippen LogP contribution is 2.59. The van der Waals surface area contributed by atoms with E-state index < -0.39 is 17.5 Å². The molecule has 5 rings (SSSR count). The van der Waals surface area contributed by atoms with Crippen LogP contribution in [0.2, 0.25) is 0 Å². The van der Waals surface area contributed by atoms with Crippen LogP contribution >= 0.6 is 0 Å². The van der Waals surface area contributed by atoms with E-state index in [0.717, 1.165) is 28.5 Å². The van der Waals surface area contributed by atoms with Gasteiger partial charge in [0.2, 0.25) is 5.91 Å². The lowest BCUT2D eigenvalue weighted by Gasteiger charge is -2.14. The van der Waals surface area contributed by atoms with Crippen molar-refractivity contribution in [2.24, 2.45) is 0 Å². The molecule has 1 aliphatic rings. The number of alkyl halides is 3. The lowest BCUT2D eigenvalue weighted by atomic mass is 10.0. The third kappa shape index (κ3) is 6.44. The number of esters is 1. The lowest BCUT2D eigenvalue weighted by Crippen LogP contribution is -2.28. The standard InChI is InChI=1S/C28H27F3N6O4/c1-17-21(16-37(35-17)9-10-40-18(2)38)12-24-32-14-22(15-33-24)20-5-3-19(4-6-20)11-26(39)34-25-13-23(41-36-25)27(7-8-27)28(29,30)31/h3-6,13-16H,7-12H2,1-2H3,(H,34,36,39). The van der Waals surface area contributed by atoms with Crippen molar-refractivity contribution in [1.29, 1.82) is 0 Å². The molecule has 1 aliphatic carbocycles. The van der Waals surface area contributed by atoms with Gasteiger partial charge in [-0.3, -0.25) is 14.3 Å². The summed E-state index contributed by atoms with van der Waals surface area (Å²) in [5.41, 5.74) is 2.19. The van der Waals surface area contributed by atoms with Crippen LogP contribution in [0.15, 0.2) is 53.4 Å². The van der Waals surface area contributed by atoms with Gasteiger partial charge >= 0.3 is 12.1 Å². The van der Waals surface area contributed by atoms with Gasteiger partial charge in [-0.25, -0.2) is 9.97 Å². The van der Waals surface area contributed by atoms with E-state index in [1.54, 1.807) is 29.2 Å². The Morgan fingerprint density at radius 3 is 2.46 bits per heavy atom. The van der Waals surface area contributed by atoms with Gasteiger partial charge in [0.15, 0.2) is 11.6 Å². The Labute approximate surface area is 232 Å². The van der Waals surface area contributed by atoms with Gasteiger partial charge in [0.05, 0.1) is 18.7 Å². The van der Waals surface area contributed by atoms with E-state index in [4.69, 9.17) is 9.26 Å². The van der Waals surface area contributed by atoms with Crippen molar-refractivity contribution in [3.8, 4) is 11.1 Å². The number of rotatable bonds is 10. The highest BCUT2D eigenvalue weighted by atomic mass is 19.4. The molecule has 0 unspecified atom stereocenters. The average Bonchev–Trinajstić information content (AvgIpc) is 3.51. The minimum Gasteiger partial charge on any atom is -0.464 e. The summed E-state index contributed by atoms with van der Waals surface area (Å²) in [5.74, 6) is -0.449. The Bertz CT molecular complexity index is 1540. The molecule has 1 amide bonds. The zero-order chi connectivity index (χ0) is 29.2. The van der Waals surface area contributed by atoms with Crippen LogP contribution in [0.1, 0.15) is 48.2 Å². The van der Waals surface area contributed by atoms with Crippen LogP contribution < -0.4 is 5.32 Å². The van der Waals surface area contributed by atoms with Gasteiger partial charge in [0.25, 0.3) is 0 Å². The number of ether oxygens (including phenoxy) is 1. The first-order valence-corrected chi connectivity index (χ1v) is 12.9. The number of hydrogen-bond donors (Lipinski definition) is 1. The van der Waals surface area contributed by atoms with Crippen molar-refractivity contribution >= 4 is 17.7 Å². The smallest absolute Gasteiger partial charge is 0.401 e. The fourth-order valence-electron chi connectivity index (χ4n) is 4.44. The molecule has 3 aromatic heterocycles. The zero-order valence-corrected chi connectivity index (χ0v) is 22.4. The summed E-state index contributed by atoms with van der Waals surface area (Å²) in [6, 6.07) is 8.39. The number of halogens is 3.